The van der Waals surface area contributed by atoms with Crippen molar-refractivity contribution in [2.45, 2.75) is 76.8 Å². The van der Waals surface area contributed by atoms with Crippen LogP contribution < -0.4 is 0 Å². The Morgan fingerprint density at radius 1 is 0.917 bits per heavy atom. The van der Waals surface area contributed by atoms with Crippen molar-refractivity contribution in [2.75, 3.05) is 0 Å². The van der Waals surface area contributed by atoms with Crippen molar-refractivity contribution in [2.24, 2.45) is 17.8 Å². The molecule has 0 aliphatic heterocycles. The van der Waals surface area contributed by atoms with Crippen molar-refractivity contribution < 1.29 is 13.2 Å². The number of pyridine rings is 1. The molecule has 0 saturated heterocycles. The summed E-state index contributed by atoms with van der Waals surface area (Å²) in [6.07, 6.45) is 8.64. The summed E-state index contributed by atoms with van der Waals surface area (Å²) < 4.78 is 37.8. The Hall–Kier alpha value is -1.06. The first kappa shape index (κ1) is 17.8. The van der Waals surface area contributed by atoms with E-state index in [2.05, 4.69) is 11.9 Å². The Bertz CT molecular complexity index is 507. The van der Waals surface area contributed by atoms with Crippen LogP contribution in [0.4, 0.5) is 13.2 Å². The molecule has 0 bridgehead atoms. The number of rotatable bonds is 3. The number of alkyl halides is 3. The van der Waals surface area contributed by atoms with Crippen LogP contribution in [-0.2, 0) is 6.18 Å². The molecular weight excluding hydrogens is 311 g/mol. The van der Waals surface area contributed by atoms with Gasteiger partial charge in [-0.3, -0.25) is 4.98 Å². The third kappa shape index (κ3) is 4.12. The van der Waals surface area contributed by atoms with Gasteiger partial charge in [-0.25, -0.2) is 0 Å². The molecule has 2 aliphatic rings. The van der Waals surface area contributed by atoms with Gasteiger partial charge in [-0.15, -0.1) is 0 Å². The summed E-state index contributed by atoms with van der Waals surface area (Å²) in [6, 6.07) is 2.76. The van der Waals surface area contributed by atoms with Crippen molar-refractivity contribution in [3.05, 3.63) is 29.6 Å². The number of hydrogen-bond donors (Lipinski definition) is 0. The number of hydrogen-bond acceptors (Lipinski definition) is 1. The summed E-state index contributed by atoms with van der Waals surface area (Å²) in [5.41, 5.74) is 0.198. The molecule has 3 rings (SSSR count). The summed E-state index contributed by atoms with van der Waals surface area (Å²) in [4.78, 5) is 3.63. The van der Waals surface area contributed by atoms with Gasteiger partial charge in [0.25, 0.3) is 0 Å². The lowest BCUT2D eigenvalue weighted by Crippen LogP contribution is -2.25. The van der Waals surface area contributed by atoms with Crippen LogP contribution >= 0.6 is 0 Å². The van der Waals surface area contributed by atoms with Crippen molar-refractivity contribution >= 4 is 0 Å². The van der Waals surface area contributed by atoms with E-state index in [-0.39, 0.29) is 0 Å². The molecule has 0 unspecified atom stereocenters. The fraction of sp³-hybridized carbons (Fsp3) is 0.750. The molecule has 1 heterocycles. The third-order valence-electron chi connectivity index (χ3n) is 6.46. The summed E-state index contributed by atoms with van der Waals surface area (Å²) in [6.45, 7) is 2.30. The topological polar surface area (TPSA) is 12.9 Å². The molecule has 0 amide bonds. The van der Waals surface area contributed by atoms with E-state index in [0.29, 0.717) is 5.92 Å². The summed E-state index contributed by atoms with van der Waals surface area (Å²) >= 11 is 0. The Labute approximate surface area is 143 Å². The Morgan fingerprint density at radius 3 is 1.96 bits per heavy atom. The first-order valence-corrected chi connectivity index (χ1v) is 9.50. The standard InChI is InChI=1S/C20H28F3N/c1-2-14-3-5-15(6-4-14)16-7-9-17(10-8-16)18-11-12-19(24-13-18)20(21,22)23/h11-17H,2-10H2,1H3/t14-,15-,16?,17?. The van der Waals surface area contributed by atoms with Gasteiger partial charge in [0.2, 0.25) is 0 Å². The lowest BCUT2D eigenvalue weighted by Gasteiger charge is -2.37. The molecule has 134 valence electrons. The largest absolute Gasteiger partial charge is 0.433 e. The molecule has 2 saturated carbocycles. The van der Waals surface area contributed by atoms with Crippen LogP contribution in [0.2, 0.25) is 0 Å². The smallest absolute Gasteiger partial charge is 0.251 e. The normalized spacial score (nSPS) is 31.8. The van der Waals surface area contributed by atoms with Crippen LogP contribution in [0, 0.1) is 17.8 Å². The van der Waals surface area contributed by atoms with Gasteiger partial charge in [-0.1, -0.05) is 32.3 Å². The van der Waals surface area contributed by atoms with Crippen LogP contribution in [-0.4, -0.2) is 4.98 Å². The second-order valence-electron chi connectivity index (χ2n) is 7.78. The van der Waals surface area contributed by atoms with E-state index in [1.807, 2.05) is 0 Å². The maximum atomic E-state index is 12.6. The monoisotopic (exact) mass is 339 g/mol. The summed E-state index contributed by atoms with van der Waals surface area (Å²) in [5, 5.41) is 0. The first-order valence-electron chi connectivity index (χ1n) is 9.50. The number of aromatic nitrogens is 1. The van der Waals surface area contributed by atoms with E-state index in [1.54, 1.807) is 6.07 Å². The van der Waals surface area contributed by atoms with E-state index < -0.39 is 11.9 Å². The second-order valence-corrected chi connectivity index (χ2v) is 7.78. The first-order chi connectivity index (χ1) is 11.5. The highest BCUT2D eigenvalue weighted by Crippen LogP contribution is 2.44. The van der Waals surface area contributed by atoms with Crippen molar-refractivity contribution in [1.29, 1.82) is 0 Å². The molecule has 0 atom stereocenters. The fourth-order valence-corrected chi connectivity index (χ4v) is 4.81. The molecule has 24 heavy (non-hydrogen) atoms. The van der Waals surface area contributed by atoms with Crippen molar-refractivity contribution in [1.82, 2.24) is 4.98 Å². The minimum absolute atomic E-state index is 0.392. The Balaban J connectivity index is 1.52. The molecule has 0 spiro atoms. The lowest BCUT2D eigenvalue weighted by atomic mass is 9.68. The van der Waals surface area contributed by atoms with Gasteiger partial charge in [0, 0.05) is 6.20 Å². The van der Waals surface area contributed by atoms with Gasteiger partial charge in [-0.05, 0) is 73.8 Å². The van der Waals surface area contributed by atoms with Gasteiger partial charge >= 0.3 is 6.18 Å². The summed E-state index contributed by atoms with van der Waals surface area (Å²) in [7, 11) is 0. The highest BCUT2D eigenvalue weighted by Gasteiger charge is 2.33. The minimum Gasteiger partial charge on any atom is -0.251 e. The molecule has 0 radical (unpaired) electrons. The molecular formula is C20H28F3N. The van der Waals surface area contributed by atoms with Crippen LogP contribution in [0.3, 0.4) is 0 Å². The Morgan fingerprint density at radius 2 is 1.50 bits per heavy atom. The molecule has 2 fully saturated rings. The van der Waals surface area contributed by atoms with Crippen LogP contribution in [0.5, 0.6) is 0 Å². The van der Waals surface area contributed by atoms with Gasteiger partial charge in [-0.2, -0.15) is 13.2 Å². The van der Waals surface area contributed by atoms with Gasteiger partial charge in [0.1, 0.15) is 5.69 Å². The zero-order valence-electron chi connectivity index (χ0n) is 14.5. The second kappa shape index (κ2) is 7.45. The van der Waals surface area contributed by atoms with Gasteiger partial charge in [0.05, 0.1) is 0 Å². The van der Waals surface area contributed by atoms with E-state index in [9.17, 15) is 13.2 Å². The molecule has 4 heteroatoms. The molecule has 1 nitrogen and oxygen atoms in total. The Kier molecular flexibility index (Phi) is 5.51. The average molecular weight is 339 g/mol. The van der Waals surface area contributed by atoms with Crippen LogP contribution in [0.1, 0.15) is 81.9 Å². The average Bonchev–Trinajstić information content (AvgIpc) is 2.61. The predicted octanol–water partition coefficient (Wildman–Crippen LogP) is 6.59. The van der Waals surface area contributed by atoms with Crippen LogP contribution in [0.15, 0.2) is 18.3 Å². The molecule has 2 aliphatic carbocycles. The highest BCUT2D eigenvalue weighted by molar-refractivity contribution is 5.20. The van der Waals surface area contributed by atoms with Crippen molar-refractivity contribution in [3.63, 3.8) is 0 Å². The molecule has 1 aromatic heterocycles. The van der Waals surface area contributed by atoms with Gasteiger partial charge < -0.3 is 0 Å². The van der Waals surface area contributed by atoms with E-state index in [0.717, 1.165) is 42.2 Å². The predicted molar refractivity (Wildman–Crippen MR) is 89.7 cm³/mol. The maximum absolute atomic E-state index is 12.6. The molecule has 1 aromatic rings. The molecule has 0 N–H and O–H groups in total. The highest BCUT2D eigenvalue weighted by atomic mass is 19.4. The summed E-state index contributed by atoms with van der Waals surface area (Å²) in [5.74, 6) is 3.06. The number of nitrogens with zero attached hydrogens (tertiary/aromatic N) is 1. The maximum Gasteiger partial charge on any atom is 0.433 e. The van der Waals surface area contributed by atoms with E-state index in [1.165, 1.54) is 51.1 Å². The third-order valence-corrected chi connectivity index (χ3v) is 6.46. The van der Waals surface area contributed by atoms with E-state index in [4.69, 9.17) is 0 Å². The van der Waals surface area contributed by atoms with Crippen LogP contribution in [0.25, 0.3) is 0 Å². The number of halogens is 3. The molecule has 0 aromatic carbocycles. The zero-order chi connectivity index (χ0) is 17.2. The lowest BCUT2D eigenvalue weighted by molar-refractivity contribution is -0.141. The van der Waals surface area contributed by atoms with E-state index >= 15 is 0 Å². The SMILES string of the molecule is CC[C@H]1CC[C@H](C2CCC(c3ccc(C(F)(F)F)nc3)CC2)CC1. The quantitative estimate of drug-likeness (QED) is 0.605. The fourth-order valence-electron chi connectivity index (χ4n) is 4.81. The minimum atomic E-state index is -4.34. The van der Waals surface area contributed by atoms with Crippen molar-refractivity contribution in [3.8, 4) is 0 Å². The zero-order valence-corrected chi connectivity index (χ0v) is 14.5. The van der Waals surface area contributed by atoms with Gasteiger partial charge in [0.15, 0.2) is 0 Å².